The Balaban J connectivity index is 1.44. The van der Waals surface area contributed by atoms with Crippen molar-refractivity contribution in [1.82, 2.24) is 26.3 Å². The second kappa shape index (κ2) is 19.3. The van der Waals surface area contributed by atoms with Crippen LogP contribution in [0.2, 0.25) is 0 Å². The molecule has 0 fully saturated rings. The van der Waals surface area contributed by atoms with E-state index in [0.29, 0.717) is 19.4 Å². The molecular formula is C42H50N8O5. The number of primary amides is 1. The smallest absolute Gasteiger partial charge is 0.243 e. The molecule has 5 aromatic rings. The largest absolute Gasteiger partial charge is 0.368 e. The molecule has 0 aliphatic rings. The predicted octanol–water partition coefficient (Wildman–Crippen LogP) is 2.25. The first-order chi connectivity index (χ1) is 26.5. The van der Waals surface area contributed by atoms with Gasteiger partial charge in [-0.2, -0.15) is 0 Å². The van der Waals surface area contributed by atoms with E-state index in [1.165, 1.54) is 6.92 Å². The van der Waals surface area contributed by atoms with Gasteiger partial charge in [0, 0.05) is 36.4 Å². The molecule has 11 N–H and O–H groups in total. The Kier molecular flexibility index (Phi) is 14.1. The third-order valence-electron chi connectivity index (χ3n) is 9.55. The normalized spacial score (nSPS) is 13.9. The molecule has 13 heteroatoms. The van der Waals surface area contributed by atoms with E-state index in [0.717, 1.165) is 38.4 Å². The summed E-state index contributed by atoms with van der Waals surface area (Å²) in [5.41, 5.74) is 20.3. The van der Waals surface area contributed by atoms with E-state index in [1.54, 1.807) is 6.20 Å². The molecule has 5 amide bonds. The Morgan fingerprint density at radius 1 is 0.618 bits per heavy atom. The van der Waals surface area contributed by atoms with Crippen LogP contribution in [0.25, 0.3) is 21.7 Å². The predicted molar refractivity (Wildman–Crippen MR) is 213 cm³/mol. The summed E-state index contributed by atoms with van der Waals surface area (Å²) < 4.78 is 0. The number of amides is 5. The minimum atomic E-state index is -1.19. The van der Waals surface area contributed by atoms with Crippen LogP contribution >= 0.6 is 0 Å². The molecule has 0 aliphatic carbocycles. The van der Waals surface area contributed by atoms with Gasteiger partial charge in [0.05, 0.1) is 6.04 Å². The lowest BCUT2D eigenvalue weighted by atomic mass is 9.99. The summed E-state index contributed by atoms with van der Waals surface area (Å²) in [5.74, 6) is -3.10. The maximum Gasteiger partial charge on any atom is 0.243 e. The number of aromatic nitrogens is 1. The standard InChI is InChI=1S/C42H50N8O5/c1-26(44)39(52)48-36(23-28-18-19-29-13-5-6-14-30(29)21-28)41(54)50-37(24-31-25-46-33-16-8-7-15-32(31)33)42(55)49-35(22-27-11-3-2-4-12-27)40(53)47-34(38(45)51)17-9-10-20-43/h2-8,11-16,18-19,21,25-26,34-37,46H,9-10,17,20,22-24,43-44H2,1H3,(H2,45,51)(H,47,53)(H,48,52)(H,49,55)(H,50,54). The molecule has 13 nitrogen and oxygen atoms in total. The number of hydrogen-bond donors (Lipinski definition) is 8. The highest BCUT2D eigenvalue weighted by molar-refractivity contribution is 5.96. The van der Waals surface area contributed by atoms with Crippen LogP contribution in [-0.4, -0.2) is 71.3 Å². The number of carbonyl (C=O) groups is 5. The molecule has 0 radical (unpaired) electrons. The Morgan fingerprint density at radius 3 is 1.84 bits per heavy atom. The summed E-state index contributed by atoms with van der Waals surface area (Å²) in [6.45, 7) is 1.94. The summed E-state index contributed by atoms with van der Waals surface area (Å²) in [6, 6.07) is 25.0. The van der Waals surface area contributed by atoms with Crippen LogP contribution in [0, 0.1) is 0 Å². The van der Waals surface area contributed by atoms with Crippen molar-refractivity contribution in [3.05, 3.63) is 120 Å². The van der Waals surface area contributed by atoms with E-state index < -0.39 is 59.7 Å². The molecule has 1 heterocycles. The molecule has 55 heavy (non-hydrogen) atoms. The molecule has 0 spiro atoms. The van der Waals surface area contributed by atoms with Crippen molar-refractivity contribution < 1.29 is 24.0 Å². The minimum Gasteiger partial charge on any atom is -0.368 e. The molecule has 5 rings (SSSR count). The van der Waals surface area contributed by atoms with E-state index in [2.05, 4.69) is 26.3 Å². The molecule has 0 saturated heterocycles. The second-order valence-corrected chi connectivity index (χ2v) is 13.9. The van der Waals surface area contributed by atoms with Crippen LogP contribution in [0.5, 0.6) is 0 Å². The first-order valence-electron chi connectivity index (χ1n) is 18.6. The average Bonchev–Trinajstić information content (AvgIpc) is 3.59. The minimum absolute atomic E-state index is 0.0498. The first kappa shape index (κ1) is 40.1. The Morgan fingerprint density at radius 2 is 1.18 bits per heavy atom. The van der Waals surface area contributed by atoms with Crippen molar-refractivity contribution in [1.29, 1.82) is 0 Å². The van der Waals surface area contributed by atoms with Crippen LogP contribution < -0.4 is 38.5 Å². The highest BCUT2D eigenvalue weighted by Gasteiger charge is 2.32. The lowest BCUT2D eigenvalue weighted by Crippen LogP contribution is -2.59. The van der Waals surface area contributed by atoms with Gasteiger partial charge in [0.15, 0.2) is 0 Å². The molecule has 4 aromatic carbocycles. The van der Waals surface area contributed by atoms with Crippen molar-refractivity contribution in [2.75, 3.05) is 6.54 Å². The van der Waals surface area contributed by atoms with E-state index >= 15 is 0 Å². The summed E-state index contributed by atoms with van der Waals surface area (Å²) in [4.78, 5) is 70.9. The van der Waals surface area contributed by atoms with Crippen LogP contribution in [0.15, 0.2) is 103 Å². The maximum atomic E-state index is 14.4. The third kappa shape index (κ3) is 11.2. The van der Waals surface area contributed by atoms with Crippen LogP contribution in [0.1, 0.15) is 42.9 Å². The molecule has 5 atom stereocenters. The van der Waals surface area contributed by atoms with Crippen molar-refractivity contribution in [2.24, 2.45) is 17.2 Å². The fourth-order valence-corrected chi connectivity index (χ4v) is 6.50. The fraction of sp³-hybridized carbons (Fsp3) is 0.310. The second-order valence-electron chi connectivity index (χ2n) is 13.9. The zero-order valence-corrected chi connectivity index (χ0v) is 30.9. The van der Waals surface area contributed by atoms with E-state index in [1.807, 2.05) is 97.1 Å². The summed E-state index contributed by atoms with van der Waals surface area (Å²) in [7, 11) is 0. The highest BCUT2D eigenvalue weighted by Crippen LogP contribution is 2.20. The van der Waals surface area contributed by atoms with E-state index in [4.69, 9.17) is 17.2 Å². The number of hydrogen-bond acceptors (Lipinski definition) is 7. The molecule has 1 aromatic heterocycles. The van der Waals surface area contributed by atoms with Gasteiger partial charge < -0.3 is 43.5 Å². The number of aromatic amines is 1. The number of nitrogens with one attached hydrogen (secondary N) is 5. The third-order valence-corrected chi connectivity index (χ3v) is 9.55. The molecule has 0 saturated carbocycles. The monoisotopic (exact) mass is 746 g/mol. The van der Waals surface area contributed by atoms with Crippen LogP contribution in [0.4, 0.5) is 0 Å². The zero-order valence-electron chi connectivity index (χ0n) is 30.9. The Labute approximate surface area is 320 Å². The van der Waals surface area contributed by atoms with Gasteiger partial charge in [-0.1, -0.05) is 91.0 Å². The fourth-order valence-electron chi connectivity index (χ4n) is 6.50. The number of fused-ring (bicyclic) bond motifs is 2. The van der Waals surface area contributed by atoms with Gasteiger partial charge in [-0.3, -0.25) is 24.0 Å². The van der Waals surface area contributed by atoms with E-state index in [9.17, 15) is 24.0 Å². The summed E-state index contributed by atoms with van der Waals surface area (Å²) in [5, 5.41) is 14.1. The van der Waals surface area contributed by atoms with Gasteiger partial charge >= 0.3 is 0 Å². The molecular weight excluding hydrogens is 697 g/mol. The summed E-state index contributed by atoms with van der Waals surface area (Å²) in [6.07, 6.45) is 3.53. The average molecular weight is 747 g/mol. The lowest BCUT2D eigenvalue weighted by molar-refractivity contribution is -0.134. The van der Waals surface area contributed by atoms with Gasteiger partial charge in [0.25, 0.3) is 0 Å². The number of rotatable bonds is 19. The first-order valence-corrected chi connectivity index (χ1v) is 18.6. The number of benzene rings is 4. The molecule has 288 valence electrons. The van der Waals surface area contributed by atoms with Crippen molar-refractivity contribution in [3.8, 4) is 0 Å². The zero-order chi connectivity index (χ0) is 39.3. The quantitative estimate of drug-likeness (QED) is 0.0588. The molecule has 0 bridgehead atoms. The van der Waals surface area contributed by atoms with Crippen LogP contribution in [0.3, 0.4) is 0 Å². The number of para-hydroxylation sites is 1. The highest BCUT2D eigenvalue weighted by atomic mass is 16.2. The van der Waals surface area contributed by atoms with Gasteiger partial charge in [-0.05, 0) is 66.3 Å². The number of carbonyl (C=O) groups excluding carboxylic acids is 5. The SMILES string of the molecule is CC(N)C(=O)NC(Cc1ccc2ccccc2c1)C(=O)NC(Cc1c[nH]c2ccccc12)C(=O)NC(Cc1ccccc1)C(=O)NC(CCCCN)C(N)=O. The Hall–Kier alpha value is -6.05. The van der Waals surface area contributed by atoms with E-state index in [-0.39, 0.29) is 25.7 Å². The number of H-pyrrole nitrogens is 1. The van der Waals surface area contributed by atoms with Crippen molar-refractivity contribution in [2.45, 2.75) is 75.7 Å². The number of nitrogens with two attached hydrogens (primary N) is 3. The van der Waals surface area contributed by atoms with Gasteiger partial charge in [-0.15, -0.1) is 0 Å². The molecule has 5 unspecified atom stereocenters. The van der Waals surface area contributed by atoms with Crippen molar-refractivity contribution in [3.63, 3.8) is 0 Å². The van der Waals surface area contributed by atoms with Crippen LogP contribution in [-0.2, 0) is 43.2 Å². The van der Waals surface area contributed by atoms with Gasteiger partial charge in [0.2, 0.25) is 29.5 Å². The number of unbranched alkanes of at least 4 members (excludes halogenated alkanes) is 1. The van der Waals surface area contributed by atoms with Gasteiger partial charge in [0.1, 0.15) is 24.2 Å². The lowest BCUT2D eigenvalue weighted by Gasteiger charge is -2.27. The van der Waals surface area contributed by atoms with Gasteiger partial charge in [-0.25, -0.2) is 0 Å². The Bertz CT molecular complexity index is 2100. The van der Waals surface area contributed by atoms with Crippen molar-refractivity contribution >= 4 is 51.2 Å². The topological polar surface area (TPSA) is 227 Å². The summed E-state index contributed by atoms with van der Waals surface area (Å²) >= 11 is 0. The molecule has 0 aliphatic heterocycles. The maximum absolute atomic E-state index is 14.4.